The zero-order valence-electron chi connectivity index (χ0n) is 7.97. The van der Waals surface area contributed by atoms with Gasteiger partial charge < -0.3 is 10.1 Å². The summed E-state index contributed by atoms with van der Waals surface area (Å²) in [6.07, 6.45) is -3.76. The van der Waals surface area contributed by atoms with Crippen molar-refractivity contribution in [3.63, 3.8) is 0 Å². The molecule has 15 heavy (non-hydrogen) atoms. The molecule has 1 heterocycles. The van der Waals surface area contributed by atoms with Crippen molar-refractivity contribution in [1.82, 2.24) is 9.36 Å². The second-order valence-corrected chi connectivity index (χ2v) is 3.45. The van der Waals surface area contributed by atoms with Gasteiger partial charge in [0.15, 0.2) is 0 Å². The lowest BCUT2D eigenvalue weighted by Crippen LogP contribution is -2.08. The topological polar surface area (TPSA) is 47.0 Å². The van der Waals surface area contributed by atoms with Crippen molar-refractivity contribution in [3.8, 4) is 0 Å². The number of rotatable bonds is 5. The molecule has 0 atom stereocenters. The molecule has 1 N–H and O–H groups in total. The summed E-state index contributed by atoms with van der Waals surface area (Å²) in [6.45, 7) is 1.07. The summed E-state index contributed by atoms with van der Waals surface area (Å²) in [5, 5.41) is 2.92. The van der Waals surface area contributed by atoms with Gasteiger partial charge in [0.25, 0.3) is 0 Å². The van der Waals surface area contributed by atoms with Gasteiger partial charge in [-0.2, -0.15) is 22.5 Å². The molecule has 0 amide bonds. The molecule has 8 heteroatoms. The molecule has 0 fully saturated rings. The molecule has 0 unspecified atom stereocenters. The fraction of sp³-hybridized carbons (Fsp3) is 0.714. The highest BCUT2D eigenvalue weighted by Gasteiger charge is 2.35. The number of ether oxygens (including phenoxy) is 1. The number of hydrogen-bond acceptors (Lipinski definition) is 5. The van der Waals surface area contributed by atoms with Crippen LogP contribution in [-0.2, 0) is 10.9 Å². The number of halogens is 3. The Balaban J connectivity index is 2.40. The summed E-state index contributed by atoms with van der Waals surface area (Å²) in [5.74, 6) is -1.10. The zero-order chi connectivity index (χ0) is 11.3. The van der Waals surface area contributed by atoms with Crippen LogP contribution < -0.4 is 5.32 Å². The Hall–Kier alpha value is -0.890. The third-order valence-corrected chi connectivity index (χ3v) is 2.15. The van der Waals surface area contributed by atoms with E-state index in [1.165, 1.54) is 0 Å². The number of methoxy groups -OCH3 is 1. The highest BCUT2D eigenvalue weighted by molar-refractivity contribution is 7.09. The van der Waals surface area contributed by atoms with Crippen LogP contribution in [0.1, 0.15) is 12.2 Å². The number of aromatic nitrogens is 2. The van der Waals surface area contributed by atoms with Crippen LogP contribution in [0.2, 0.25) is 0 Å². The van der Waals surface area contributed by atoms with E-state index in [-0.39, 0.29) is 5.13 Å². The smallest absolute Gasteiger partial charge is 0.385 e. The number of anilines is 1. The summed E-state index contributed by atoms with van der Waals surface area (Å²) < 4.78 is 44.2. The van der Waals surface area contributed by atoms with Crippen LogP contribution in [0.15, 0.2) is 0 Å². The maximum absolute atomic E-state index is 12.1. The molecule has 0 aromatic carbocycles. The number of hydrogen-bond donors (Lipinski definition) is 1. The first-order valence-corrected chi connectivity index (χ1v) is 4.95. The first kappa shape index (κ1) is 12.2. The SMILES string of the molecule is COCCCNc1nc(C(F)(F)F)ns1. The van der Waals surface area contributed by atoms with Crippen LogP contribution in [0.4, 0.5) is 18.3 Å². The molecule has 0 aliphatic rings. The fourth-order valence-electron chi connectivity index (χ4n) is 0.822. The molecule has 0 aliphatic heterocycles. The molecule has 1 aromatic rings. The average molecular weight is 241 g/mol. The number of nitrogens with one attached hydrogen (secondary N) is 1. The van der Waals surface area contributed by atoms with E-state index in [0.29, 0.717) is 31.1 Å². The van der Waals surface area contributed by atoms with Gasteiger partial charge in [-0.25, -0.2) is 0 Å². The predicted octanol–water partition coefficient (Wildman–Crippen LogP) is 2.01. The van der Waals surface area contributed by atoms with Crippen LogP contribution in [-0.4, -0.2) is 29.6 Å². The van der Waals surface area contributed by atoms with Crippen LogP contribution in [0.5, 0.6) is 0 Å². The lowest BCUT2D eigenvalue weighted by molar-refractivity contribution is -0.144. The molecular weight excluding hydrogens is 231 g/mol. The normalized spacial score (nSPS) is 11.7. The molecule has 86 valence electrons. The van der Waals surface area contributed by atoms with Crippen LogP contribution in [0.25, 0.3) is 0 Å². The predicted molar refractivity (Wildman–Crippen MR) is 49.9 cm³/mol. The first-order valence-electron chi connectivity index (χ1n) is 4.17. The number of nitrogens with zero attached hydrogens (tertiary/aromatic N) is 2. The third-order valence-electron chi connectivity index (χ3n) is 1.48. The standard InChI is InChI=1S/C7H10F3N3OS/c1-14-4-2-3-11-6-12-5(13-15-6)7(8,9)10/h2-4H2,1H3,(H,11,12,13). The Kier molecular flexibility index (Phi) is 4.28. The second-order valence-electron chi connectivity index (χ2n) is 2.69. The van der Waals surface area contributed by atoms with Crippen molar-refractivity contribution in [1.29, 1.82) is 0 Å². The van der Waals surface area contributed by atoms with E-state index >= 15 is 0 Å². The first-order chi connectivity index (χ1) is 7.04. The highest BCUT2D eigenvalue weighted by atomic mass is 32.1. The van der Waals surface area contributed by atoms with Crippen LogP contribution >= 0.6 is 11.5 Å². The van der Waals surface area contributed by atoms with E-state index in [1.54, 1.807) is 7.11 Å². The minimum absolute atomic E-state index is 0.179. The minimum Gasteiger partial charge on any atom is -0.385 e. The van der Waals surface area contributed by atoms with Crippen molar-refractivity contribution in [2.75, 3.05) is 25.6 Å². The summed E-state index contributed by atoms with van der Waals surface area (Å²) in [6, 6.07) is 0. The molecule has 1 aromatic heterocycles. The molecule has 0 saturated carbocycles. The van der Waals surface area contributed by atoms with E-state index in [1.807, 2.05) is 0 Å². The fourth-order valence-corrected chi connectivity index (χ4v) is 1.43. The van der Waals surface area contributed by atoms with Gasteiger partial charge in [0, 0.05) is 31.8 Å². The van der Waals surface area contributed by atoms with Crippen molar-refractivity contribution < 1.29 is 17.9 Å². The molecular formula is C7H10F3N3OS. The van der Waals surface area contributed by atoms with Gasteiger partial charge in [-0.1, -0.05) is 0 Å². The Morgan fingerprint density at radius 3 is 2.73 bits per heavy atom. The quantitative estimate of drug-likeness (QED) is 0.801. The van der Waals surface area contributed by atoms with Gasteiger partial charge in [-0.15, -0.1) is 0 Å². The Morgan fingerprint density at radius 2 is 2.20 bits per heavy atom. The summed E-state index contributed by atoms with van der Waals surface area (Å²) in [7, 11) is 1.56. The van der Waals surface area contributed by atoms with Crippen molar-refractivity contribution in [2.24, 2.45) is 0 Å². The third kappa shape index (κ3) is 4.00. The van der Waals surface area contributed by atoms with E-state index in [2.05, 4.69) is 14.7 Å². The van der Waals surface area contributed by atoms with Crippen LogP contribution in [0.3, 0.4) is 0 Å². The van der Waals surface area contributed by atoms with Crippen LogP contribution in [0, 0.1) is 0 Å². The molecule has 0 aliphatic carbocycles. The molecule has 0 radical (unpaired) electrons. The average Bonchev–Trinajstić information content (AvgIpc) is 2.60. The van der Waals surface area contributed by atoms with E-state index < -0.39 is 12.0 Å². The monoisotopic (exact) mass is 241 g/mol. The second kappa shape index (κ2) is 5.26. The van der Waals surface area contributed by atoms with Crippen molar-refractivity contribution >= 4 is 16.7 Å². The summed E-state index contributed by atoms with van der Waals surface area (Å²) in [4.78, 5) is 3.31. The van der Waals surface area contributed by atoms with Gasteiger partial charge in [0.2, 0.25) is 11.0 Å². The largest absolute Gasteiger partial charge is 0.452 e. The van der Waals surface area contributed by atoms with Gasteiger partial charge in [0.1, 0.15) is 0 Å². The Labute approximate surface area is 88.6 Å². The molecule has 1 rings (SSSR count). The maximum atomic E-state index is 12.1. The molecule has 0 spiro atoms. The van der Waals surface area contributed by atoms with Crippen molar-refractivity contribution in [2.45, 2.75) is 12.6 Å². The lowest BCUT2D eigenvalue weighted by atomic mass is 10.4. The number of alkyl halides is 3. The summed E-state index contributed by atoms with van der Waals surface area (Å²) in [5.41, 5.74) is 0. The summed E-state index contributed by atoms with van der Waals surface area (Å²) >= 11 is 0.701. The van der Waals surface area contributed by atoms with E-state index in [9.17, 15) is 13.2 Å². The van der Waals surface area contributed by atoms with Gasteiger partial charge in [-0.3, -0.25) is 0 Å². The van der Waals surface area contributed by atoms with E-state index in [4.69, 9.17) is 4.74 Å². The molecule has 0 saturated heterocycles. The minimum atomic E-state index is -4.47. The van der Waals surface area contributed by atoms with Gasteiger partial charge in [-0.05, 0) is 6.42 Å². The Morgan fingerprint density at radius 1 is 1.47 bits per heavy atom. The van der Waals surface area contributed by atoms with Gasteiger partial charge >= 0.3 is 6.18 Å². The highest BCUT2D eigenvalue weighted by Crippen LogP contribution is 2.28. The molecule has 4 nitrogen and oxygen atoms in total. The van der Waals surface area contributed by atoms with E-state index in [0.717, 1.165) is 0 Å². The lowest BCUT2D eigenvalue weighted by Gasteiger charge is -2.01. The van der Waals surface area contributed by atoms with Gasteiger partial charge in [0.05, 0.1) is 0 Å². The molecule has 0 bridgehead atoms. The zero-order valence-corrected chi connectivity index (χ0v) is 8.78. The van der Waals surface area contributed by atoms with Crippen molar-refractivity contribution in [3.05, 3.63) is 5.82 Å². The Bertz CT molecular complexity index is 302. The maximum Gasteiger partial charge on any atom is 0.452 e.